The Labute approximate surface area is 156 Å². The molecule has 7 nitrogen and oxygen atoms in total. The number of nitrogens with zero attached hydrogens (tertiary/aromatic N) is 1. The van der Waals surface area contributed by atoms with Crippen LogP contribution in [0.5, 0.6) is 5.75 Å². The zero-order chi connectivity index (χ0) is 19.5. The summed E-state index contributed by atoms with van der Waals surface area (Å²) in [6.07, 6.45) is 0. The highest BCUT2D eigenvalue weighted by molar-refractivity contribution is 7.89. The molecule has 0 heterocycles. The van der Waals surface area contributed by atoms with E-state index in [0.29, 0.717) is 5.69 Å². The Kier molecular flexibility index (Phi) is 6.01. The summed E-state index contributed by atoms with van der Waals surface area (Å²) in [5.74, 6) is -0.901. The predicted octanol–water partition coefficient (Wildman–Crippen LogP) is 2.77. The van der Waals surface area contributed by atoms with Gasteiger partial charge in [0.2, 0.25) is 15.9 Å². The number of anilines is 1. The third-order valence-corrected chi connectivity index (χ3v) is 5.44. The number of halogens is 1. The fourth-order valence-corrected chi connectivity index (χ4v) is 3.16. The zero-order valence-corrected chi connectivity index (χ0v) is 15.9. The Morgan fingerprint density at radius 1 is 1.12 bits per heavy atom. The molecule has 0 unspecified atom stereocenters. The van der Waals surface area contributed by atoms with Gasteiger partial charge in [0.1, 0.15) is 5.75 Å². The number of sulfonamides is 1. The summed E-state index contributed by atoms with van der Waals surface area (Å²) >= 11 is 6.02. The van der Waals surface area contributed by atoms with E-state index in [1.165, 1.54) is 45.3 Å². The maximum atomic E-state index is 12.4. The summed E-state index contributed by atoms with van der Waals surface area (Å²) in [7, 11) is -0.955. The first-order valence-corrected chi connectivity index (χ1v) is 9.25. The van der Waals surface area contributed by atoms with Gasteiger partial charge >= 0.3 is 5.97 Å². The Bertz CT molecular complexity index is 957. The Morgan fingerprint density at radius 2 is 1.81 bits per heavy atom. The number of nitrogens with one attached hydrogen (secondary N) is 1. The quantitative estimate of drug-likeness (QED) is 0.619. The fraction of sp³-hybridized carbons (Fsp3) is 0.176. The summed E-state index contributed by atoms with van der Waals surface area (Å²) in [5, 5.41) is 2.63. The summed E-state index contributed by atoms with van der Waals surface area (Å²) < 4.78 is 30.7. The van der Waals surface area contributed by atoms with Crippen LogP contribution in [0, 0.1) is 0 Å². The monoisotopic (exact) mass is 396 g/mol. The molecule has 2 aromatic rings. The second-order valence-electron chi connectivity index (χ2n) is 5.53. The van der Waals surface area contributed by atoms with E-state index < -0.39 is 16.0 Å². The van der Waals surface area contributed by atoms with Crippen LogP contribution >= 0.6 is 11.6 Å². The number of rotatable bonds is 5. The van der Waals surface area contributed by atoms with Crippen LogP contribution in [0.25, 0.3) is 0 Å². The van der Waals surface area contributed by atoms with Crippen LogP contribution in [-0.4, -0.2) is 38.7 Å². The molecule has 2 aromatic carbocycles. The highest BCUT2D eigenvalue weighted by Gasteiger charge is 2.21. The van der Waals surface area contributed by atoms with E-state index in [2.05, 4.69) is 5.32 Å². The maximum Gasteiger partial charge on any atom is 0.345 e. The minimum Gasteiger partial charge on any atom is -0.423 e. The van der Waals surface area contributed by atoms with Crippen LogP contribution in [0.4, 0.5) is 5.69 Å². The van der Waals surface area contributed by atoms with Crippen molar-refractivity contribution < 1.29 is 22.7 Å². The molecule has 1 amide bonds. The van der Waals surface area contributed by atoms with Gasteiger partial charge < -0.3 is 10.1 Å². The number of hydrogen-bond donors (Lipinski definition) is 1. The van der Waals surface area contributed by atoms with Crippen molar-refractivity contribution in [3.05, 3.63) is 53.1 Å². The number of hydrogen-bond acceptors (Lipinski definition) is 5. The molecule has 0 atom stereocenters. The lowest BCUT2D eigenvalue weighted by Gasteiger charge is -2.13. The Hall–Kier alpha value is -2.42. The Balaban J connectivity index is 2.32. The molecule has 0 aromatic heterocycles. The largest absolute Gasteiger partial charge is 0.423 e. The average Bonchev–Trinajstić information content (AvgIpc) is 2.54. The standard InChI is InChI=1S/C17H17ClN2O5S/c1-11(21)19-12-5-4-6-13(9-12)25-17(22)15-10-14(7-8-16(15)18)26(23,24)20(2)3/h4-10H,1-3H3,(H,19,21). The van der Waals surface area contributed by atoms with Crippen LogP contribution < -0.4 is 10.1 Å². The lowest BCUT2D eigenvalue weighted by Crippen LogP contribution is -2.22. The molecule has 9 heteroatoms. The number of esters is 1. The molecule has 1 N–H and O–H groups in total. The summed E-state index contributed by atoms with van der Waals surface area (Å²) in [6, 6.07) is 10.0. The number of amides is 1. The molecule has 0 spiro atoms. The van der Waals surface area contributed by atoms with Crippen LogP contribution in [0.3, 0.4) is 0 Å². The summed E-state index contributed by atoms with van der Waals surface area (Å²) in [4.78, 5) is 23.4. The topological polar surface area (TPSA) is 92.8 Å². The first-order valence-electron chi connectivity index (χ1n) is 7.43. The first kappa shape index (κ1) is 19.9. The van der Waals surface area contributed by atoms with E-state index in [0.717, 1.165) is 10.4 Å². The summed E-state index contributed by atoms with van der Waals surface area (Å²) in [5.41, 5.74) is 0.373. The maximum absolute atomic E-state index is 12.4. The van der Waals surface area contributed by atoms with Crippen molar-refractivity contribution in [2.75, 3.05) is 19.4 Å². The van der Waals surface area contributed by atoms with E-state index in [9.17, 15) is 18.0 Å². The third kappa shape index (κ3) is 4.60. The Morgan fingerprint density at radius 3 is 2.42 bits per heavy atom. The molecule has 0 aliphatic rings. The van der Waals surface area contributed by atoms with E-state index in [1.807, 2.05) is 0 Å². The van der Waals surface area contributed by atoms with Crippen molar-refractivity contribution in [1.82, 2.24) is 4.31 Å². The van der Waals surface area contributed by atoms with Gasteiger partial charge in [-0.15, -0.1) is 0 Å². The first-order chi connectivity index (χ1) is 12.1. The molecule has 0 saturated heterocycles. The van der Waals surface area contributed by atoms with Crippen LogP contribution in [0.15, 0.2) is 47.4 Å². The molecule has 26 heavy (non-hydrogen) atoms. The molecule has 0 radical (unpaired) electrons. The van der Waals surface area contributed by atoms with Gasteiger partial charge in [0.25, 0.3) is 0 Å². The van der Waals surface area contributed by atoms with Crippen molar-refractivity contribution >= 4 is 39.2 Å². The molecule has 0 aliphatic carbocycles. The van der Waals surface area contributed by atoms with Gasteiger partial charge in [0, 0.05) is 32.8 Å². The van der Waals surface area contributed by atoms with Gasteiger partial charge in [-0.2, -0.15) is 0 Å². The van der Waals surface area contributed by atoms with Gasteiger partial charge in [-0.25, -0.2) is 17.5 Å². The molecular formula is C17H17ClN2O5S. The minimum atomic E-state index is -3.72. The number of benzene rings is 2. The van der Waals surface area contributed by atoms with E-state index in [1.54, 1.807) is 12.1 Å². The van der Waals surface area contributed by atoms with Crippen molar-refractivity contribution in [2.24, 2.45) is 0 Å². The SMILES string of the molecule is CC(=O)Nc1cccc(OC(=O)c2cc(S(=O)(=O)N(C)C)ccc2Cl)c1. The smallest absolute Gasteiger partial charge is 0.345 e. The second kappa shape index (κ2) is 7.86. The van der Waals surface area contributed by atoms with Gasteiger partial charge in [-0.1, -0.05) is 17.7 Å². The zero-order valence-electron chi connectivity index (χ0n) is 14.3. The lowest BCUT2D eigenvalue weighted by molar-refractivity contribution is -0.114. The van der Waals surface area contributed by atoms with Crippen LogP contribution in [0.2, 0.25) is 5.02 Å². The van der Waals surface area contributed by atoms with Gasteiger partial charge in [0.15, 0.2) is 0 Å². The highest BCUT2D eigenvalue weighted by Crippen LogP contribution is 2.25. The molecule has 138 valence electrons. The number of ether oxygens (including phenoxy) is 1. The molecule has 0 fully saturated rings. The fourth-order valence-electron chi connectivity index (χ4n) is 2.03. The third-order valence-electron chi connectivity index (χ3n) is 3.30. The van der Waals surface area contributed by atoms with E-state index >= 15 is 0 Å². The number of carbonyl (C=O) groups is 2. The lowest BCUT2D eigenvalue weighted by atomic mass is 10.2. The van der Waals surface area contributed by atoms with Gasteiger partial charge in [0.05, 0.1) is 15.5 Å². The van der Waals surface area contributed by atoms with E-state index in [-0.39, 0.29) is 27.1 Å². The minimum absolute atomic E-state index is 0.0609. The molecule has 2 rings (SSSR count). The van der Waals surface area contributed by atoms with Crippen molar-refractivity contribution in [2.45, 2.75) is 11.8 Å². The predicted molar refractivity (Wildman–Crippen MR) is 98.0 cm³/mol. The van der Waals surface area contributed by atoms with E-state index in [4.69, 9.17) is 16.3 Å². The van der Waals surface area contributed by atoms with Gasteiger partial charge in [-0.3, -0.25) is 4.79 Å². The van der Waals surface area contributed by atoms with Crippen LogP contribution in [0.1, 0.15) is 17.3 Å². The molecule has 0 aliphatic heterocycles. The van der Waals surface area contributed by atoms with Crippen molar-refractivity contribution in [3.8, 4) is 5.75 Å². The highest BCUT2D eigenvalue weighted by atomic mass is 35.5. The van der Waals surface area contributed by atoms with Gasteiger partial charge in [-0.05, 0) is 30.3 Å². The average molecular weight is 397 g/mol. The molecule has 0 saturated carbocycles. The second-order valence-corrected chi connectivity index (χ2v) is 8.09. The molecule has 0 bridgehead atoms. The normalized spacial score (nSPS) is 11.3. The van der Waals surface area contributed by atoms with Crippen LogP contribution in [-0.2, 0) is 14.8 Å². The van der Waals surface area contributed by atoms with Crippen molar-refractivity contribution in [1.29, 1.82) is 0 Å². The molecular weight excluding hydrogens is 380 g/mol. The number of carbonyl (C=O) groups excluding carboxylic acids is 2. The summed E-state index contributed by atoms with van der Waals surface area (Å²) in [6.45, 7) is 1.36. The van der Waals surface area contributed by atoms with Crippen molar-refractivity contribution in [3.63, 3.8) is 0 Å².